The van der Waals surface area contributed by atoms with Crippen molar-refractivity contribution in [2.45, 2.75) is 30.7 Å². The van der Waals surface area contributed by atoms with Crippen LogP contribution >= 0.6 is 27.5 Å². The molecule has 1 aromatic carbocycles. The normalized spacial score (nSPS) is 31.5. The second kappa shape index (κ2) is 6.56. The zero-order valence-electron chi connectivity index (χ0n) is 11.7. The van der Waals surface area contributed by atoms with E-state index >= 15 is 0 Å². The molecule has 0 amide bonds. The van der Waals surface area contributed by atoms with E-state index in [9.17, 15) is 20.4 Å². The summed E-state index contributed by atoms with van der Waals surface area (Å²) in [6, 6.07) is 3.45. The number of aliphatic hydroxyl groups is 4. The molecule has 1 aromatic heterocycles. The lowest BCUT2D eigenvalue weighted by Crippen LogP contribution is -2.60. The van der Waals surface area contributed by atoms with Gasteiger partial charge in [-0.1, -0.05) is 11.6 Å². The number of aliphatic hydroxyl groups excluding tert-OH is 4. The summed E-state index contributed by atoms with van der Waals surface area (Å²) in [7, 11) is 0. The summed E-state index contributed by atoms with van der Waals surface area (Å²) < 4.78 is 11.6. The maximum absolute atomic E-state index is 10.0. The third kappa shape index (κ3) is 3.08. The van der Waals surface area contributed by atoms with Crippen LogP contribution in [-0.2, 0) is 4.74 Å². The minimum atomic E-state index is -1.49. The second-order valence-electron chi connectivity index (χ2n) is 5.28. The van der Waals surface area contributed by atoms with Gasteiger partial charge in [-0.25, -0.2) is 0 Å². The van der Waals surface area contributed by atoms with Crippen LogP contribution in [-0.4, -0.2) is 62.7 Å². The van der Waals surface area contributed by atoms with E-state index in [0.29, 0.717) is 20.6 Å². The van der Waals surface area contributed by atoms with Gasteiger partial charge in [0.25, 0.3) is 0 Å². The van der Waals surface area contributed by atoms with Gasteiger partial charge >= 0.3 is 0 Å². The Labute approximate surface area is 144 Å². The number of ether oxygens (including phenoxy) is 2. The van der Waals surface area contributed by atoms with Crippen molar-refractivity contribution in [3.05, 3.63) is 27.8 Å². The number of halogens is 2. The molecule has 2 unspecified atom stereocenters. The molecule has 2 aromatic rings. The predicted octanol–water partition coefficient (Wildman–Crippen LogP) is 0.762. The van der Waals surface area contributed by atoms with Crippen LogP contribution in [0.2, 0.25) is 5.02 Å². The van der Waals surface area contributed by atoms with Gasteiger partial charge in [0.2, 0.25) is 6.29 Å². The number of rotatable bonds is 3. The van der Waals surface area contributed by atoms with Crippen LogP contribution in [0.3, 0.4) is 0 Å². The van der Waals surface area contributed by atoms with Crippen molar-refractivity contribution in [3.63, 3.8) is 0 Å². The van der Waals surface area contributed by atoms with Crippen molar-refractivity contribution >= 4 is 38.4 Å². The van der Waals surface area contributed by atoms with Crippen molar-refractivity contribution < 1.29 is 29.9 Å². The van der Waals surface area contributed by atoms with E-state index in [0.717, 1.165) is 5.52 Å². The molecule has 0 spiro atoms. The zero-order chi connectivity index (χ0) is 16.7. The lowest BCUT2D eigenvalue weighted by Gasteiger charge is -2.39. The number of hydrogen-bond acceptors (Lipinski definition) is 6. The van der Waals surface area contributed by atoms with Crippen molar-refractivity contribution in [1.29, 1.82) is 0 Å². The lowest BCUT2D eigenvalue weighted by molar-refractivity contribution is -0.277. The molecule has 1 aliphatic heterocycles. The number of aromatic amines is 1. The SMILES string of the molecule is OCC1O[C@@H](Oc2c[nH]c3cc(Cl)c(Br)cc23)C(O)[C@H](O)[C@@H]1O. The van der Waals surface area contributed by atoms with E-state index in [-0.39, 0.29) is 0 Å². The third-order valence-electron chi connectivity index (χ3n) is 3.78. The van der Waals surface area contributed by atoms with Gasteiger partial charge in [0.1, 0.15) is 30.2 Å². The smallest absolute Gasteiger partial charge is 0.229 e. The first-order valence-corrected chi connectivity index (χ1v) is 8.02. The standard InChI is InChI=1S/C14H15BrClNO6/c15-6-1-5-8(2-7(6)16)17-3-9(5)22-14-13(21)12(20)11(19)10(4-18)23-14/h1-3,10-14,17-21H,4H2/t10?,11-,12-,13?,14-/m1/s1. The summed E-state index contributed by atoms with van der Waals surface area (Å²) in [5.41, 5.74) is 0.720. The number of aromatic nitrogens is 1. The monoisotopic (exact) mass is 407 g/mol. The molecule has 2 heterocycles. The molecule has 126 valence electrons. The Morgan fingerprint density at radius 3 is 2.65 bits per heavy atom. The largest absolute Gasteiger partial charge is 0.460 e. The van der Waals surface area contributed by atoms with Crippen molar-refractivity contribution in [2.24, 2.45) is 0 Å². The van der Waals surface area contributed by atoms with E-state index < -0.39 is 37.3 Å². The summed E-state index contributed by atoms with van der Waals surface area (Å²) in [6.45, 7) is -0.514. The summed E-state index contributed by atoms with van der Waals surface area (Å²) in [5, 5.41) is 40.0. The van der Waals surface area contributed by atoms with Crippen molar-refractivity contribution in [3.8, 4) is 5.75 Å². The molecule has 3 rings (SSSR count). The van der Waals surface area contributed by atoms with E-state index in [1.807, 2.05) is 0 Å². The Hall–Kier alpha value is -0.870. The molecule has 5 N–H and O–H groups in total. The summed E-state index contributed by atoms with van der Waals surface area (Å²) in [5.74, 6) is 0.377. The number of nitrogens with one attached hydrogen (secondary N) is 1. The minimum absolute atomic E-state index is 0.377. The number of H-pyrrole nitrogens is 1. The Morgan fingerprint density at radius 2 is 1.96 bits per heavy atom. The quantitative estimate of drug-likeness (QED) is 0.512. The molecule has 5 atom stereocenters. The van der Waals surface area contributed by atoms with Crippen LogP contribution in [0, 0.1) is 0 Å². The first-order chi connectivity index (χ1) is 10.9. The van der Waals surface area contributed by atoms with Crippen molar-refractivity contribution in [1.82, 2.24) is 4.98 Å². The van der Waals surface area contributed by atoms with Gasteiger partial charge in [-0.3, -0.25) is 0 Å². The van der Waals surface area contributed by atoms with Crippen LogP contribution in [0.15, 0.2) is 22.8 Å². The van der Waals surface area contributed by atoms with Crippen LogP contribution in [0.25, 0.3) is 10.9 Å². The summed E-state index contributed by atoms with van der Waals surface area (Å²) >= 11 is 9.35. The van der Waals surface area contributed by atoms with Crippen LogP contribution < -0.4 is 4.74 Å². The third-order valence-corrected chi connectivity index (χ3v) is 4.97. The zero-order valence-corrected chi connectivity index (χ0v) is 14.0. The highest BCUT2D eigenvalue weighted by Crippen LogP contribution is 2.34. The second-order valence-corrected chi connectivity index (χ2v) is 6.54. The van der Waals surface area contributed by atoms with Crippen LogP contribution in [0.1, 0.15) is 0 Å². The number of benzene rings is 1. The number of hydrogen-bond donors (Lipinski definition) is 5. The van der Waals surface area contributed by atoms with Crippen LogP contribution in [0.5, 0.6) is 5.75 Å². The Kier molecular flexibility index (Phi) is 4.84. The first kappa shape index (κ1) is 17.0. The molecular weight excluding hydrogens is 394 g/mol. The molecule has 1 saturated heterocycles. The number of fused-ring (bicyclic) bond motifs is 1. The van der Waals surface area contributed by atoms with Gasteiger partial charge in [-0.2, -0.15) is 0 Å². The fourth-order valence-corrected chi connectivity index (χ4v) is 2.99. The molecule has 9 heteroatoms. The first-order valence-electron chi connectivity index (χ1n) is 6.85. The maximum atomic E-state index is 10.0. The van der Waals surface area contributed by atoms with E-state index in [2.05, 4.69) is 20.9 Å². The fraction of sp³-hybridized carbons (Fsp3) is 0.429. The molecule has 1 aliphatic rings. The van der Waals surface area contributed by atoms with Gasteiger partial charge in [0, 0.05) is 16.1 Å². The minimum Gasteiger partial charge on any atom is -0.460 e. The van der Waals surface area contributed by atoms with E-state index in [4.69, 9.17) is 21.1 Å². The highest BCUT2D eigenvalue weighted by Gasteiger charge is 2.44. The molecule has 0 bridgehead atoms. The van der Waals surface area contributed by atoms with E-state index in [1.54, 1.807) is 18.3 Å². The summed E-state index contributed by atoms with van der Waals surface area (Å²) in [6.07, 6.45) is -5.07. The molecule has 23 heavy (non-hydrogen) atoms. The maximum Gasteiger partial charge on any atom is 0.229 e. The van der Waals surface area contributed by atoms with Gasteiger partial charge in [0.05, 0.1) is 17.1 Å². The predicted molar refractivity (Wildman–Crippen MR) is 85.4 cm³/mol. The molecule has 0 aliphatic carbocycles. The average molecular weight is 409 g/mol. The Bertz CT molecular complexity index is 708. The summed E-state index contributed by atoms with van der Waals surface area (Å²) in [4.78, 5) is 2.98. The van der Waals surface area contributed by atoms with Gasteiger partial charge in [-0.05, 0) is 28.1 Å². The highest BCUT2D eigenvalue weighted by atomic mass is 79.9. The van der Waals surface area contributed by atoms with Gasteiger partial charge < -0.3 is 34.9 Å². The topological polar surface area (TPSA) is 115 Å². The van der Waals surface area contributed by atoms with Crippen molar-refractivity contribution in [2.75, 3.05) is 6.61 Å². The van der Waals surface area contributed by atoms with E-state index in [1.165, 1.54) is 0 Å². The fourth-order valence-electron chi connectivity index (χ4n) is 2.48. The molecular formula is C14H15BrClNO6. The highest BCUT2D eigenvalue weighted by molar-refractivity contribution is 9.10. The Balaban J connectivity index is 1.88. The molecule has 0 saturated carbocycles. The molecule has 1 fully saturated rings. The lowest BCUT2D eigenvalue weighted by atomic mass is 9.99. The Morgan fingerprint density at radius 1 is 1.22 bits per heavy atom. The molecule has 0 radical (unpaired) electrons. The van der Waals surface area contributed by atoms with Gasteiger partial charge in [0.15, 0.2) is 0 Å². The molecule has 7 nitrogen and oxygen atoms in total. The van der Waals surface area contributed by atoms with Gasteiger partial charge in [-0.15, -0.1) is 0 Å². The van der Waals surface area contributed by atoms with Crippen LogP contribution in [0.4, 0.5) is 0 Å². The average Bonchev–Trinajstić information content (AvgIpc) is 2.90.